The van der Waals surface area contributed by atoms with Crippen LogP contribution < -0.4 is 10.2 Å². The standard InChI is InChI=1S/C17H23N3O4S2/c1-3-20-14-8-7-13(10-15(14)25-17(20)22)18-16(21)12-6-5-9-19(11-12)26(23,24)4-2/h7-8,10,12H,3-6,9,11H2,1-2H3,(H,18,21)/t12-/m0/s1. The molecular formula is C17H23N3O4S2. The van der Waals surface area contributed by atoms with Gasteiger partial charge in [-0.2, -0.15) is 0 Å². The summed E-state index contributed by atoms with van der Waals surface area (Å²) in [5, 5.41) is 2.88. The molecule has 1 aliphatic heterocycles. The number of aryl methyl sites for hydroxylation is 1. The fraction of sp³-hybridized carbons (Fsp3) is 0.529. The maximum absolute atomic E-state index is 12.6. The molecular weight excluding hydrogens is 374 g/mol. The van der Waals surface area contributed by atoms with Crippen LogP contribution in [0.4, 0.5) is 5.69 Å². The van der Waals surface area contributed by atoms with Crippen molar-refractivity contribution in [3.05, 3.63) is 27.9 Å². The van der Waals surface area contributed by atoms with Gasteiger partial charge in [0, 0.05) is 25.3 Å². The molecule has 3 rings (SSSR count). The number of nitrogens with zero attached hydrogens (tertiary/aromatic N) is 2. The lowest BCUT2D eigenvalue weighted by molar-refractivity contribution is -0.120. The highest BCUT2D eigenvalue weighted by Gasteiger charge is 2.31. The predicted octanol–water partition coefficient (Wildman–Crippen LogP) is 2.08. The number of anilines is 1. The molecule has 9 heteroatoms. The molecule has 0 aliphatic carbocycles. The summed E-state index contributed by atoms with van der Waals surface area (Å²) in [6.45, 7) is 4.84. The van der Waals surface area contributed by atoms with Crippen LogP contribution in [0.3, 0.4) is 0 Å². The van der Waals surface area contributed by atoms with Gasteiger partial charge in [0.25, 0.3) is 0 Å². The zero-order valence-corrected chi connectivity index (χ0v) is 16.5. The minimum atomic E-state index is -3.28. The third kappa shape index (κ3) is 3.70. The zero-order chi connectivity index (χ0) is 18.9. The molecule has 1 N–H and O–H groups in total. The number of sulfonamides is 1. The van der Waals surface area contributed by atoms with E-state index in [1.54, 1.807) is 23.6 Å². The number of fused-ring (bicyclic) bond motifs is 1. The summed E-state index contributed by atoms with van der Waals surface area (Å²) < 4.78 is 28.0. The second-order valence-corrected chi connectivity index (χ2v) is 9.63. The summed E-state index contributed by atoms with van der Waals surface area (Å²) in [6, 6.07) is 5.41. The first-order valence-corrected chi connectivity index (χ1v) is 11.2. The quantitative estimate of drug-likeness (QED) is 0.837. The molecule has 0 bridgehead atoms. The first-order valence-electron chi connectivity index (χ1n) is 8.77. The van der Waals surface area contributed by atoms with Crippen LogP contribution in [-0.2, 0) is 21.4 Å². The number of aromatic nitrogens is 1. The van der Waals surface area contributed by atoms with E-state index in [4.69, 9.17) is 0 Å². The molecule has 1 amide bonds. The highest BCUT2D eigenvalue weighted by molar-refractivity contribution is 7.89. The summed E-state index contributed by atoms with van der Waals surface area (Å²) in [4.78, 5) is 24.5. The van der Waals surface area contributed by atoms with E-state index in [2.05, 4.69) is 5.32 Å². The SMILES string of the molecule is CCn1c(=O)sc2cc(NC(=O)[C@H]3CCCN(S(=O)(=O)CC)C3)ccc21. The molecule has 26 heavy (non-hydrogen) atoms. The molecule has 0 spiro atoms. The maximum Gasteiger partial charge on any atom is 0.308 e. The Morgan fingerprint density at radius 3 is 2.81 bits per heavy atom. The molecule has 1 aliphatic rings. The molecule has 0 unspecified atom stereocenters. The molecule has 1 atom stereocenters. The third-order valence-electron chi connectivity index (χ3n) is 4.77. The van der Waals surface area contributed by atoms with E-state index in [-0.39, 0.29) is 29.0 Å². The van der Waals surface area contributed by atoms with Crippen molar-refractivity contribution >= 4 is 43.2 Å². The highest BCUT2D eigenvalue weighted by atomic mass is 32.2. The summed E-state index contributed by atoms with van der Waals surface area (Å²) in [5.41, 5.74) is 1.49. The average Bonchev–Trinajstić information content (AvgIpc) is 2.95. The van der Waals surface area contributed by atoms with Crippen molar-refractivity contribution in [2.45, 2.75) is 33.2 Å². The third-order valence-corrected chi connectivity index (χ3v) is 7.56. The van der Waals surface area contributed by atoms with Gasteiger partial charge in [0.05, 0.1) is 21.9 Å². The fourth-order valence-corrected chi connectivity index (χ4v) is 5.45. The Bertz CT molecular complexity index is 978. The molecule has 142 valence electrons. The molecule has 1 fully saturated rings. The number of hydrogen-bond acceptors (Lipinski definition) is 5. The number of nitrogens with one attached hydrogen (secondary N) is 1. The number of piperidine rings is 1. The average molecular weight is 398 g/mol. The van der Waals surface area contributed by atoms with Gasteiger partial charge in [-0.1, -0.05) is 11.3 Å². The van der Waals surface area contributed by atoms with Gasteiger partial charge in [-0.3, -0.25) is 14.2 Å². The fourth-order valence-electron chi connectivity index (χ4n) is 3.28. The summed E-state index contributed by atoms with van der Waals surface area (Å²) in [5.74, 6) is -0.492. The van der Waals surface area contributed by atoms with Crippen molar-refractivity contribution in [3.63, 3.8) is 0 Å². The van der Waals surface area contributed by atoms with Gasteiger partial charge in [0.15, 0.2) is 0 Å². The van der Waals surface area contributed by atoms with E-state index in [9.17, 15) is 18.0 Å². The summed E-state index contributed by atoms with van der Waals surface area (Å²) in [6.07, 6.45) is 1.35. The number of amides is 1. The van der Waals surface area contributed by atoms with Crippen molar-refractivity contribution in [1.82, 2.24) is 8.87 Å². The number of thiazole rings is 1. The van der Waals surface area contributed by atoms with E-state index in [1.165, 1.54) is 4.31 Å². The maximum atomic E-state index is 12.6. The first kappa shape index (κ1) is 19.1. The Balaban J connectivity index is 1.75. The lowest BCUT2D eigenvalue weighted by Crippen LogP contribution is -2.44. The number of carbonyl (C=O) groups excluding carboxylic acids is 1. The monoisotopic (exact) mass is 397 g/mol. The van der Waals surface area contributed by atoms with Gasteiger partial charge in [-0.15, -0.1) is 0 Å². The minimum Gasteiger partial charge on any atom is -0.326 e. The van der Waals surface area contributed by atoms with Gasteiger partial charge >= 0.3 is 4.87 Å². The second-order valence-electron chi connectivity index (χ2n) is 6.38. The van der Waals surface area contributed by atoms with Crippen LogP contribution in [0.5, 0.6) is 0 Å². The van der Waals surface area contributed by atoms with Gasteiger partial charge < -0.3 is 5.32 Å². The predicted molar refractivity (Wildman–Crippen MR) is 104 cm³/mol. The number of benzene rings is 1. The van der Waals surface area contributed by atoms with Crippen LogP contribution in [0.15, 0.2) is 23.0 Å². The highest BCUT2D eigenvalue weighted by Crippen LogP contribution is 2.24. The topological polar surface area (TPSA) is 88.5 Å². The van der Waals surface area contributed by atoms with Crippen molar-refractivity contribution in [1.29, 1.82) is 0 Å². The Morgan fingerprint density at radius 2 is 2.12 bits per heavy atom. The molecule has 0 saturated carbocycles. The van der Waals surface area contributed by atoms with Gasteiger partial charge in [0.2, 0.25) is 15.9 Å². The van der Waals surface area contributed by atoms with Crippen molar-refractivity contribution in [2.24, 2.45) is 5.92 Å². The Labute approximate surface area is 156 Å². The van der Waals surface area contributed by atoms with Gasteiger partial charge in [-0.05, 0) is 44.9 Å². The molecule has 7 nitrogen and oxygen atoms in total. The largest absolute Gasteiger partial charge is 0.326 e. The number of carbonyl (C=O) groups is 1. The Hall–Kier alpha value is -1.71. The summed E-state index contributed by atoms with van der Waals surface area (Å²) >= 11 is 1.16. The van der Waals surface area contributed by atoms with Gasteiger partial charge in [0.1, 0.15) is 0 Å². The van der Waals surface area contributed by atoms with E-state index in [1.807, 2.05) is 13.0 Å². The van der Waals surface area contributed by atoms with Crippen LogP contribution in [0.25, 0.3) is 10.2 Å². The second kappa shape index (κ2) is 7.50. The molecule has 2 aromatic rings. The minimum absolute atomic E-state index is 0.0151. The Morgan fingerprint density at radius 1 is 1.35 bits per heavy atom. The van der Waals surface area contributed by atoms with Crippen molar-refractivity contribution < 1.29 is 13.2 Å². The smallest absolute Gasteiger partial charge is 0.308 e. The normalized spacial score (nSPS) is 18.9. The lowest BCUT2D eigenvalue weighted by atomic mass is 9.98. The van der Waals surface area contributed by atoms with Crippen LogP contribution in [0.2, 0.25) is 0 Å². The van der Waals surface area contributed by atoms with E-state index in [0.717, 1.165) is 21.6 Å². The zero-order valence-electron chi connectivity index (χ0n) is 14.9. The molecule has 0 radical (unpaired) electrons. The van der Waals surface area contributed by atoms with Crippen LogP contribution in [0, 0.1) is 5.92 Å². The van der Waals surface area contributed by atoms with Gasteiger partial charge in [-0.25, -0.2) is 12.7 Å². The summed E-state index contributed by atoms with van der Waals surface area (Å²) in [7, 11) is -3.28. The van der Waals surface area contributed by atoms with Crippen molar-refractivity contribution in [2.75, 3.05) is 24.2 Å². The van der Waals surface area contributed by atoms with Crippen molar-refractivity contribution in [3.8, 4) is 0 Å². The van der Waals surface area contributed by atoms with Crippen LogP contribution >= 0.6 is 11.3 Å². The van der Waals surface area contributed by atoms with E-state index in [0.29, 0.717) is 31.6 Å². The van der Waals surface area contributed by atoms with E-state index >= 15 is 0 Å². The molecule has 2 heterocycles. The number of hydrogen-bond donors (Lipinski definition) is 1. The lowest BCUT2D eigenvalue weighted by Gasteiger charge is -2.30. The molecule has 1 aromatic heterocycles. The number of rotatable bonds is 5. The Kier molecular flexibility index (Phi) is 5.50. The van der Waals surface area contributed by atoms with Crippen LogP contribution in [0.1, 0.15) is 26.7 Å². The molecule has 1 aromatic carbocycles. The van der Waals surface area contributed by atoms with E-state index < -0.39 is 10.0 Å². The van der Waals surface area contributed by atoms with Crippen LogP contribution in [-0.4, -0.2) is 42.0 Å². The molecule has 1 saturated heterocycles. The first-order chi connectivity index (χ1) is 12.4.